The fraction of sp³-hybridized carbons (Fsp3) is 1.00. The molecule has 0 saturated heterocycles. The van der Waals surface area contributed by atoms with Gasteiger partial charge in [-0.05, 0) is 19.9 Å². The first-order valence-electron chi connectivity index (χ1n) is 7.23. The van der Waals surface area contributed by atoms with E-state index in [2.05, 4.69) is 12.2 Å². The number of rotatable bonds is 11. The van der Waals surface area contributed by atoms with Crippen LogP contribution in [0.1, 0.15) is 71.1 Å². The molecule has 0 aliphatic heterocycles. The van der Waals surface area contributed by atoms with Crippen molar-refractivity contribution in [2.24, 2.45) is 0 Å². The molecule has 1 atom stereocenters. The predicted octanol–water partition coefficient (Wildman–Crippen LogP) is 5.06. The van der Waals surface area contributed by atoms with Gasteiger partial charge in [0.2, 0.25) is 0 Å². The molecule has 1 N–H and O–H groups in total. The lowest BCUT2D eigenvalue weighted by atomic mass is 10.0. The van der Waals surface area contributed by atoms with Gasteiger partial charge in [0.15, 0.2) is 0 Å². The van der Waals surface area contributed by atoms with Crippen LogP contribution in [-0.2, 0) is 0 Å². The first kappa shape index (κ1) is 17.8. The molecule has 0 amide bonds. The molecule has 0 spiro atoms. The molecule has 0 aliphatic rings. The van der Waals surface area contributed by atoms with Crippen molar-refractivity contribution in [1.82, 2.24) is 5.32 Å². The average Bonchev–Trinajstić information content (AvgIpc) is 2.30. The van der Waals surface area contributed by atoms with Gasteiger partial charge < -0.3 is 5.32 Å². The lowest BCUT2D eigenvalue weighted by Crippen LogP contribution is -2.27. The van der Waals surface area contributed by atoms with Gasteiger partial charge in [-0.2, -0.15) is 13.2 Å². The number of nitrogens with one attached hydrogen (secondary N) is 1. The smallest absolute Gasteiger partial charge is 0.317 e. The zero-order valence-corrected chi connectivity index (χ0v) is 11.8. The van der Waals surface area contributed by atoms with E-state index in [1.807, 2.05) is 0 Å². The van der Waals surface area contributed by atoms with E-state index in [1.165, 1.54) is 32.1 Å². The van der Waals surface area contributed by atoms with Crippen LogP contribution in [0.5, 0.6) is 0 Å². The number of alkyl halides is 3. The highest BCUT2D eigenvalue weighted by Crippen LogP contribution is 2.23. The molecule has 110 valence electrons. The van der Waals surface area contributed by atoms with Gasteiger partial charge in [0, 0.05) is 12.5 Å². The summed E-state index contributed by atoms with van der Waals surface area (Å²) in [7, 11) is 1.75. The van der Waals surface area contributed by atoms with Crippen LogP contribution in [0, 0.1) is 0 Å². The first-order chi connectivity index (χ1) is 8.49. The van der Waals surface area contributed by atoms with Crippen molar-refractivity contribution >= 4 is 0 Å². The molecule has 0 aromatic rings. The topological polar surface area (TPSA) is 12.0 Å². The minimum atomic E-state index is -4.02. The van der Waals surface area contributed by atoms with Crippen LogP contribution in [0.15, 0.2) is 0 Å². The second-order valence-corrected chi connectivity index (χ2v) is 5.05. The molecular weight excluding hydrogens is 239 g/mol. The molecule has 0 heterocycles. The molecule has 1 unspecified atom stereocenters. The monoisotopic (exact) mass is 267 g/mol. The Morgan fingerprint density at radius 1 is 0.889 bits per heavy atom. The van der Waals surface area contributed by atoms with Gasteiger partial charge in [-0.25, -0.2) is 0 Å². The number of hydrogen-bond acceptors (Lipinski definition) is 1. The van der Waals surface area contributed by atoms with Crippen LogP contribution >= 0.6 is 0 Å². The summed E-state index contributed by atoms with van der Waals surface area (Å²) in [5, 5.41) is 2.99. The van der Waals surface area contributed by atoms with Crippen LogP contribution in [0.4, 0.5) is 13.2 Å². The minimum Gasteiger partial charge on any atom is -0.317 e. The maximum absolute atomic E-state index is 12.1. The van der Waals surface area contributed by atoms with Gasteiger partial charge in [0.05, 0.1) is 0 Å². The normalized spacial score (nSPS) is 13.8. The third-order valence-corrected chi connectivity index (χ3v) is 3.34. The van der Waals surface area contributed by atoms with Crippen molar-refractivity contribution in [3.05, 3.63) is 0 Å². The summed E-state index contributed by atoms with van der Waals surface area (Å²) >= 11 is 0. The zero-order valence-electron chi connectivity index (χ0n) is 11.8. The summed E-state index contributed by atoms with van der Waals surface area (Å²) in [6, 6.07) is 0.0160. The van der Waals surface area contributed by atoms with Gasteiger partial charge in [-0.3, -0.25) is 0 Å². The van der Waals surface area contributed by atoms with Crippen molar-refractivity contribution in [3.63, 3.8) is 0 Å². The highest BCUT2D eigenvalue weighted by molar-refractivity contribution is 4.67. The summed E-state index contributed by atoms with van der Waals surface area (Å²) in [6.45, 7) is 2.19. The molecule has 0 rings (SSSR count). The Labute approximate surface area is 110 Å². The Morgan fingerprint density at radius 2 is 1.44 bits per heavy atom. The van der Waals surface area contributed by atoms with E-state index in [1.54, 1.807) is 7.05 Å². The lowest BCUT2D eigenvalue weighted by Gasteiger charge is -2.17. The van der Waals surface area contributed by atoms with Gasteiger partial charge in [0.25, 0.3) is 0 Å². The van der Waals surface area contributed by atoms with E-state index < -0.39 is 12.6 Å². The van der Waals surface area contributed by atoms with Gasteiger partial charge in [-0.15, -0.1) is 0 Å². The maximum atomic E-state index is 12.1. The Morgan fingerprint density at radius 3 is 1.94 bits per heavy atom. The SMILES string of the molecule is CCCCCCCCCC(CCC(F)(F)F)NC. The van der Waals surface area contributed by atoms with Crippen LogP contribution in [0.25, 0.3) is 0 Å². The summed E-state index contributed by atoms with van der Waals surface area (Å²) in [6.07, 6.45) is 4.88. The van der Waals surface area contributed by atoms with Gasteiger partial charge in [-0.1, -0.05) is 51.9 Å². The zero-order chi connectivity index (χ0) is 13.9. The Balaban J connectivity index is 3.44. The van der Waals surface area contributed by atoms with Crippen molar-refractivity contribution < 1.29 is 13.2 Å². The van der Waals surface area contributed by atoms with E-state index in [9.17, 15) is 13.2 Å². The number of hydrogen-bond donors (Lipinski definition) is 1. The summed E-state index contributed by atoms with van der Waals surface area (Å²) in [4.78, 5) is 0. The molecule has 4 heteroatoms. The van der Waals surface area contributed by atoms with Gasteiger partial charge in [0.1, 0.15) is 0 Å². The van der Waals surface area contributed by atoms with Crippen molar-refractivity contribution in [2.75, 3.05) is 7.05 Å². The van der Waals surface area contributed by atoms with Crippen LogP contribution in [0.2, 0.25) is 0 Å². The largest absolute Gasteiger partial charge is 0.389 e. The third-order valence-electron chi connectivity index (χ3n) is 3.34. The van der Waals surface area contributed by atoms with Crippen LogP contribution in [-0.4, -0.2) is 19.3 Å². The molecule has 1 nitrogen and oxygen atoms in total. The fourth-order valence-corrected chi connectivity index (χ4v) is 2.12. The highest BCUT2D eigenvalue weighted by Gasteiger charge is 2.27. The minimum absolute atomic E-state index is 0.0160. The van der Waals surface area contributed by atoms with Crippen molar-refractivity contribution in [3.8, 4) is 0 Å². The van der Waals surface area contributed by atoms with Crippen LogP contribution in [0.3, 0.4) is 0 Å². The quantitative estimate of drug-likeness (QED) is 0.516. The molecule has 0 aromatic carbocycles. The molecule has 0 aliphatic carbocycles. The van der Waals surface area contributed by atoms with E-state index in [-0.39, 0.29) is 12.5 Å². The van der Waals surface area contributed by atoms with E-state index in [0.29, 0.717) is 0 Å². The Hall–Kier alpha value is -0.250. The van der Waals surface area contributed by atoms with E-state index in [4.69, 9.17) is 0 Å². The predicted molar refractivity (Wildman–Crippen MR) is 70.7 cm³/mol. The highest BCUT2D eigenvalue weighted by atomic mass is 19.4. The molecule has 0 aromatic heterocycles. The Bertz CT molecular complexity index is 180. The van der Waals surface area contributed by atoms with Crippen molar-refractivity contribution in [1.29, 1.82) is 0 Å². The summed E-state index contributed by atoms with van der Waals surface area (Å²) in [5.41, 5.74) is 0. The molecule has 0 radical (unpaired) electrons. The summed E-state index contributed by atoms with van der Waals surface area (Å²) < 4.78 is 36.3. The van der Waals surface area contributed by atoms with E-state index >= 15 is 0 Å². The van der Waals surface area contributed by atoms with Crippen LogP contribution < -0.4 is 5.32 Å². The molecule has 0 saturated carbocycles. The van der Waals surface area contributed by atoms with Crippen molar-refractivity contribution in [2.45, 2.75) is 83.4 Å². The summed E-state index contributed by atoms with van der Waals surface area (Å²) in [5.74, 6) is 0. The second-order valence-electron chi connectivity index (χ2n) is 5.05. The average molecular weight is 267 g/mol. The lowest BCUT2D eigenvalue weighted by molar-refractivity contribution is -0.136. The maximum Gasteiger partial charge on any atom is 0.389 e. The number of halogens is 3. The molecule has 0 bridgehead atoms. The number of unbranched alkanes of at least 4 members (excludes halogenated alkanes) is 6. The van der Waals surface area contributed by atoms with Gasteiger partial charge >= 0.3 is 6.18 Å². The first-order valence-corrected chi connectivity index (χ1v) is 7.23. The molecular formula is C14H28F3N. The molecule has 18 heavy (non-hydrogen) atoms. The third kappa shape index (κ3) is 12.2. The Kier molecular flexibility index (Phi) is 10.5. The standard InChI is InChI=1S/C14H28F3N/c1-3-4-5-6-7-8-9-10-13(18-2)11-12-14(15,16)17/h13,18H,3-12H2,1-2H3. The molecule has 0 fully saturated rings. The fourth-order valence-electron chi connectivity index (χ4n) is 2.12. The second kappa shape index (κ2) is 10.7. The van der Waals surface area contributed by atoms with E-state index in [0.717, 1.165) is 19.3 Å².